The molecule has 3 rings (SSSR count). The number of allylic oxidation sites excluding steroid dienone is 1. The Morgan fingerprint density at radius 2 is 1.74 bits per heavy atom. The number of nitriles is 1. The van der Waals surface area contributed by atoms with E-state index in [9.17, 15) is 10.1 Å². The Morgan fingerprint density at radius 3 is 2.39 bits per heavy atom. The molecule has 0 spiro atoms. The van der Waals surface area contributed by atoms with Crippen LogP contribution in [0.4, 0.5) is 0 Å². The highest BCUT2D eigenvalue weighted by Gasteiger charge is 2.39. The first-order chi connectivity index (χ1) is 18.1. The third kappa shape index (κ3) is 7.29. The Labute approximate surface area is 231 Å². The van der Waals surface area contributed by atoms with E-state index in [4.69, 9.17) is 18.9 Å². The second-order valence-corrected chi connectivity index (χ2v) is 12.4. The topological polar surface area (TPSA) is 77.8 Å². The Kier molecular flexibility index (Phi) is 11.4. The normalized spacial score (nSPS) is 38.9. The van der Waals surface area contributed by atoms with Gasteiger partial charge in [-0.1, -0.05) is 58.8 Å². The summed E-state index contributed by atoms with van der Waals surface area (Å²) in [5.41, 5.74) is 0.629. The summed E-state index contributed by atoms with van der Waals surface area (Å²) in [4.78, 5) is 13.1. The van der Waals surface area contributed by atoms with E-state index in [1.54, 1.807) is 7.11 Å². The molecule has 1 aliphatic carbocycles. The van der Waals surface area contributed by atoms with Gasteiger partial charge in [0.25, 0.3) is 0 Å². The number of esters is 1. The molecule has 3 aliphatic rings. The number of hydrogen-bond acceptors (Lipinski definition) is 6. The minimum atomic E-state index is -0.315. The summed E-state index contributed by atoms with van der Waals surface area (Å²) in [5.74, 6) is 1.43. The van der Waals surface area contributed by atoms with Crippen LogP contribution in [0.25, 0.3) is 0 Å². The lowest BCUT2D eigenvalue weighted by Crippen LogP contribution is -2.38. The van der Waals surface area contributed by atoms with Gasteiger partial charge in [0, 0.05) is 18.9 Å². The fraction of sp³-hybridized carbons (Fsp3) is 0.812. The molecule has 6 nitrogen and oxygen atoms in total. The highest BCUT2D eigenvalue weighted by atomic mass is 16.5. The Bertz CT molecular complexity index is 878. The maximum Gasteiger partial charge on any atom is 0.336 e. The van der Waals surface area contributed by atoms with Gasteiger partial charge in [-0.05, 0) is 69.1 Å². The lowest BCUT2D eigenvalue weighted by Gasteiger charge is -2.39. The van der Waals surface area contributed by atoms with E-state index in [-0.39, 0.29) is 66.1 Å². The van der Waals surface area contributed by atoms with Crippen LogP contribution in [0.5, 0.6) is 0 Å². The van der Waals surface area contributed by atoms with Crippen molar-refractivity contribution in [1.29, 1.82) is 5.26 Å². The third-order valence-electron chi connectivity index (χ3n) is 9.54. The SMILES string of the molecule is COC(=O)/C(=C/[C@H]1CCC[C@@H](C)[C@@H]1[C@H](C)C#N)[C@@H]1O[C@H](/C=C/[C@H](C)[C@@H]2O[C@@H]([C@H](C)OC)C[C@@H]2C)CC[C@H]1C. The van der Waals surface area contributed by atoms with Gasteiger partial charge in [0.1, 0.15) is 0 Å². The van der Waals surface area contributed by atoms with Gasteiger partial charge >= 0.3 is 5.97 Å². The maximum atomic E-state index is 13.1. The van der Waals surface area contributed by atoms with E-state index in [0.29, 0.717) is 17.4 Å². The average molecular weight is 530 g/mol. The van der Waals surface area contributed by atoms with Gasteiger partial charge in [-0.3, -0.25) is 0 Å². The van der Waals surface area contributed by atoms with Crippen molar-refractivity contribution in [2.75, 3.05) is 14.2 Å². The van der Waals surface area contributed by atoms with Crippen LogP contribution in [-0.4, -0.2) is 50.7 Å². The number of methoxy groups -OCH3 is 2. The molecule has 6 heteroatoms. The first kappa shape index (κ1) is 30.9. The first-order valence-corrected chi connectivity index (χ1v) is 14.8. The van der Waals surface area contributed by atoms with Gasteiger partial charge in [-0.2, -0.15) is 5.26 Å². The van der Waals surface area contributed by atoms with Crippen LogP contribution in [0, 0.1) is 52.8 Å². The Hall–Kier alpha value is -1.68. The van der Waals surface area contributed by atoms with Crippen molar-refractivity contribution in [2.45, 2.75) is 111 Å². The molecule has 0 unspecified atom stereocenters. The zero-order valence-electron chi connectivity index (χ0n) is 24.9. The number of ether oxygens (including phenoxy) is 4. The van der Waals surface area contributed by atoms with Crippen LogP contribution in [0.3, 0.4) is 0 Å². The average Bonchev–Trinajstić information content (AvgIpc) is 3.31. The fourth-order valence-electron chi connectivity index (χ4n) is 7.14. The number of carbonyl (C=O) groups is 1. The Balaban J connectivity index is 1.76. The molecule has 0 amide bonds. The molecule has 214 valence electrons. The quantitative estimate of drug-likeness (QED) is 0.193. The molecule has 0 N–H and O–H groups in total. The minimum absolute atomic E-state index is 0.0565. The van der Waals surface area contributed by atoms with Crippen LogP contribution in [0.1, 0.15) is 80.1 Å². The zero-order valence-corrected chi connectivity index (χ0v) is 24.9. The fourth-order valence-corrected chi connectivity index (χ4v) is 7.14. The molecule has 2 aliphatic heterocycles. The van der Waals surface area contributed by atoms with Gasteiger partial charge in [-0.15, -0.1) is 0 Å². The summed E-state index contributed by atoms with van der Waals surface area (Å²) in [5, 5.41) is 9.68. The second-order valence-electron chi connectivity index (χ2n) is 12.4. The van der Waals surface area contributed by atoms with E-state index in [2.05, 4.69) is 58.9 Å². The number of carbonyl (C=O) groups excluding carboxylic acids is 1. The molecule has 0 aromatic rings. The summed E-state index contributed by atoms with van der Waals surface area (Å²) in [6, 6.07) is 2.47. The minimum Gasteiger partial charge on any atom is -0.466 e. The molecular weight excluding hydrogens is 478 g/mol. The monoisotopic (exact) mass is 529 g/mol. The van der Waals surface area contributed by atoms with Crippen molar-refractivity contribution >= 4 is 5.97 Å². The molecule has 0 radical (unpaired) electrons. The molecule has 3 fully saturated rings. The van der Waals surface area contributed by atoms with Crippen molar-refractivity contribution in [2.24, 2.45) is 41.4 Å². The molecule has 12 atom stereocenters. The summed E-state index contributed by atoms with van der Waals surface area (Å²) < 4.78 is 23.7. The summed E-state index contributed by atoms with van der Waals surface area (Å²) in [6.07, 6.45) is 12.7. The number of rotatable bonds is 9. The summed E-state index contributed by atoms with van der Waals surface area (Å²) in [6.45, 7) is 13.0. The van der Waals surface area contributed by atoms with Crippen molar-refractivity contribution in [1.82, 2.24) is 0 Å². The first-order valence-electron chi connectivity index (χ1n) is 14.8. The van der Waals surface area contributed by atoms with Gasteiger partial charge in [-0.25, -0.2) is 4.79 Å². The predicted molar refractivity (Wildman–Crippen MR) is 149 cm³/mol. The van der Waals surface area contributed by atoms with Crippen molar-refractivity contribution < 1.29 is 23.7 Å². The van der Waals surface area contributed by atoms with Crippen molar-refractivity contribution in [3.8, 4) is 6.07 Å². The van der Waals surface area contributed by atoms with Crippen LogP contribution < -0.4 is 0 Å². The van der Waals surface area contributed by atoms with E-state index in [1.807, 2.05) is 6.92 Å². The molecule has 0 bridgehead atoms. The molecule has 0 aromatic carbocycles. The number of nitrogens with zero attached hydrogens (tertiary/aromatic N) is 1. The van der Waals surface area contributed by atoms with Gasteiger partial charge in [0.2, 0.25) is 0 Å². The van der Waals surface area contributed by atoms with Crippen molar-refractivity contribution in [3.05, 3.63) is 23.8 Å². The summed E-state index contributed by atoms with van der Waals surface area (Å²) >= 11 is 0. The lowest BCUT2D eigenvalue weighted by atomic mass is 9.67. The van der Waals surface area contributed by atoms with Crippen molar-refractivity contribution in [3.63, 3.8) is 0 Å². The molecule has 2 saturated heterocycles. The predicted octanol–water partition coefficient (Wildman–Crippen LogP) is 6.50. The van der Waals surface area contributed by atoms with E-state index in [1.165, 1.54) is 7.11 Å². The van der Waals surface area contributed by atoms with Crippen LogP contribution in [0.2, 0.25) is 0 Å². The standard InChI is InChI=1S/C32H51NO5/c1-19-10-9-11-25(29(19)23(5)18-33)17-27(32(34)36-8)31-21(3)13-15-26(37-31)14-12-20(2)30-22(4)16-28(38-30)24(6)35-7/h12,14,17,19-26,28-31H,9-11,13,15-16H2,1-8H3/b14-12+,27-17+/t19-,20+,21-,22+,23-,24+,25-,26-,28-,29-,30+,31-/m1/s1. The molecule has 1 saturated carbocycles. The van der Waals surface area contributed by atoms with E-state index < -0.39 is 0 Å². The smallest absolute Gasteiger partial charge is 0.336 e. The zero-order chi connectivity index (χ0) is 28.0. The molecule has 0 aromatic heterocycles. The van der Waals surface area contributed by atoms with E-state index >= 15 is 0 Å². The molecule has 38 heavy (non-hydrogen) atoms. The molecular formula is C32H51NO5. The summed E-state index contributed by atoms with van der Waals surface area (Å²) in [7, 11) is 3.19. The lowest BCUT2D eigenvalue weighted by molar-refractivity contribution is -0.139. The molecule has 2 heterocycles. The number of hydrogen-bond donors (Lipinski definition) is 0. The Morgan fingerprint density at radius 1 is 1.00 bits per heavy atom. The van der Waals surface area contributed by atoms with E-state index in [0.717, 1.165) is 38.5 Å². The maximum absolute atomic E-state index is 13.1. The van der Waals surface area contributed by atoms with Crippen LogP contribution in [0.15, 0.2) is 23.8 Å². The van der Waals surface area contributed by atoms with Gasteiger partial charge in [0.15, 0.2) is 0 Å². The van der Waals surface area contributed by atoms with Crippen LogP contribution >= 0.6 is 0 Å². The van der Waals surface area contributed by atoms with Gasteiger partial charge < -0.3 is 18.9 Å². The largest absolute Gasteiger partial charge is 0.466 e. The highest BCUT2D eigenvalue weighted by Crippen LogP contribution is 2.42. The third-order valence-corrected chi connectivity index (χ3v) is 9.54. The second kappa shape index (κ2) is 14.1. The van der Waals surface area contributed by atoms with Crippen LogP contribution in [-0.2, 0) is 23.7 Å². The highest BCUT2D eigenvalue weighted by molar-refractivity contribution is 5.89. The van der Waals surface area contributed by atoms with Gasteiger partial charge in [0.05, 0.1) is 49.3 Å².